The molecule has 0 bridgehead atoms. The van der Waals surface area contributed by atoms with E-state index in [1.807, 2.05) is 24.3 Å². The summed E-state index contributed by atoms with van der Waals surface area (Å²) in [4.78, 5) is 22.2. The first kappa shape index (κ1) is 17.9. The van der Waals surface area contributed by atoms with Crippen molar-refractivity contribution in [1.29, 1.82) is 0 Å². The molecule has 26 heavy (non-hydrogen) atoms. The van der Waals surface area contributed by atoms with Gasteiger partial charge in [-0.1, -0.05) is 43.5 Å². The summed E-state index contributed by atoms with van der Waals surface area (Å²) in [6.45, 7) is 0. The van der Waals surface area contributed by atoms with Crippen LogP contribution in [0.4, 0.5) is 5.69 Å². The van der Waals surface area contributed by atoms with Gasteiger partial charge in [0.15, 0.2) is 0 Å². The third kappa shape index (κ3) is 4.79. The van der Waals surface area contributed by atoms with Gasteiger partial charge in [-0.15, -0.1) is 0 Å². The first-order valence-corrected chi connectivity index (χ1v) is 8.86. The van der Waals surface area contributed by atoms with E-state index in [0.29, 0.717) is 17.2 Å². The second-order valence-corrected chi connectivity index (χ2v) is 6.51. The molecule has 2 aromatic rings. The normalized spacial score (nSPS) is 15.1. The summed E-state index contributed by atoms with van der Waals surface area (Å²) in [6, 6.07) is 13.8. The van der Waals surface area contributed by atoms with Crippen molar-refractivity contribution >= 4 is 17.7 Å². The minimum absolute atomic E-state index is 0.0150. The van der Waals surface area contributed by atoms with Gasteiger partial charge in [0.2, 0.25) is 0 Å². The van der Waals surface area contributed by atoms with E-state index in [2.05, 4.69) is 0 Å². The third-order valence-corrected chi connectivity index (χ3v) is 4.67. The fourth-order valence-corrected chi connectivity index (χ4v) is 3.30. The summed E-state index contributed by atoms with van der Waals surface area (Å²) in [5, 5.41) is 10.8. The number of nitro groups is 1. The van der Waals surface area contributed by atoms with Gasteiger partial charge in [-0.25, -0.2) is 4.79 Å². The second kappa shape index (κ2) is 8.43. The van der Waals surface area contributed by atoms with Gasteiger partial charge in [0.1, 0.15) is 5.75 Å². The smallest absolute Gasteiger partial charge is 0.336 e. The van der Waals surface area contributed by atoms with Crippen LogP contribution in [0.5, 0.6) is 5.75 Å². The summed E-state index contributed by atoms with van der Waals surface area (Å²) in [6.07, 6.45) is 9.12. The third-order valence-electron chi connectivity index (χ3n) is 4.67. The summed E-state index contributed by atoms with van der Waals surface area (Å²) >= 11 is 0. The minimum atomic E-state index is -0.512. The summed E-state index contributed by atoms with van der Waals surface area (Å²) in [5.41, 5.74) is 1.86. The Balaban J connectivity index is 1.59. The Morgan fingerprint density at radius 1 is 1.08 bits per heavy atom. The molecular weight excluding hydrogens is 330 g/mol. The molecule has 1 aliphatic carbocycles. The largest absolute Gasteiger partial charge is 0.423 e. The fourth-order valence-electron chi connectivity index (χ4n) is 3.30. The lowest BCUT2D eigenvalue weighted by atomic mass is 9.84. The van der Waals surface area contributed by atoms with Crippen LogP contribution in [0.1, 0.15) is 49.1 Å². The average Bonchev–Trinajstić information content (AvgIpc) is 2.68. The van der Waals surface area contributed by atoms with Crippen molar-refractivity contribution in [2.45, 2.75) is 38.0 Å². The molecule has 5 nitrogen and oxygen atoms in total. The molecule has 2 aromatic carbocycles. The number of nitrogens with zero attached hydrogens (tertiary/aromatic N) is 1. The maximum absolute atomic E-state index is 11.9. The molecule has 0 radical (unpaired) electrons. The summed E-state index contributed by atoms with van der Waals surface area (Å²) in [7, 11) is 0. The van der Waals surface area contributed by atoms with Gasteiger partial charge in [0.25, 0.3) is 5.69 Å². The predicted octanol–water partition coefficient (Wildman–Crippen LogP) is 5.26. The van der Waals surface area contributed by atoms with E-state index >= 15 is 0 Å². The van der Waals surface area contributed by atoms with E-state index < -0.39 is 10.9 Å². The van der Waals surface area contributed by atoms with Crippen molar-refractivity contribution < 1.29 is 14.5 Å². The van der Waals surface area contributed by atoms with Crippen LogP contribution in [-0.2, 0) is 4.79 Å². The number of carbonyl (C=O) groups excluding carboxylic acids is 1. The second-order valence-electron chi connectivity index (χ2n) is 6.51. The zero-order valence-electron chi connectivity index (χ0n) is 14.5. The Kier molecular flexibility index (Phi) is 5.79. The zero-order chi connectivity index (χ0) is 18.4. The molecule has 0 aliphatic heterocycles. The fraction of sp³-hybridized carbons (Fsp3) is 0.286. The number of esters is 1. The van der Waals surface area contributed by atoms with Gasteiger partial charge in [0, 0.05) is 18.2 Å². The van der Waals surface area contributed by atoms with Crippen LogP contribution in [-0.4, -0.2) is 10.9 Å². The highest BCUT2D eigenvalue weighted by Gasteiger charge is 2.15. The lowest BCUT2D eigenvalue weighted by molar-refractivity contribution is -0.384. The first-order chi connectivity index (χ1) is 12.6. The Morgan fingerprint density at radius 3 is 2.50 bits per heavy atom. The predicted molar refractivity (Wildman–Crippen MR) is 100 cm³/mol. The molecule has 1 fully saturated rings. The van der Waals surface area contributed by atoms with E-state index in [1.165, 1.54) is 62.0 Å². The standard InChI is InChI=1S/C21H21NO4/c23-21(14-9-16-5-4-8-19(15-16)22(24)25)26-20-12-10-18(11-13-20)17-6-2-1-3-7-17/h4-5,8-15,17H,1-3,6-7H2/b14-9+. The molecule has 0 aromatic heterocycles. The van der Waals surface area contributed by atoms with Gasteiger partial charge in [-0.2, -0.15) is 0 Å². The van der Waals surface area contributed by atoms with Gasteiger partial charge < -0.3 is 4.74 Å². The molecule has 5 heteroatoms. The molecule has 3 rings (SSSR count). The van der Waals surface area contributed by atoms with Crippen LogP contribution in [0.15, 0.2) is 54.6 Å². The monoisotopic (exact) mass is 351 g/mol. The molecule has 0 spiro atoms. The quantitative estimate of drug-likeness (QED) is 0.242. The van der Waals surface area contributed by atoms with E-state index in [0.717, 1.165) is 0 Å². The van der Waals surface area contributed by atoms with Crippen molar-refractivity contribution in [3.8, 4) is 5.75 Å². The zero-order valence-corrected chi connectivity index (χ0v) is 14.5. The van der Waals surface area contributed by atoms with Crippen LogP contribution < -0.4 is 4.74 Å². The van der Waals surface area contributed by atoms with Crippen LogP contribution in [0, 0.1) is 10.1 Å². The van der Waals surface area contributed by atoms with E-state index in [9.17, 15) is 14.9 Å². The van der Waals surface area contributed by atoms with Crippen molar-refractivity contribution in [3.05, 3.63) is 75.8 Å². The lowest BCUT2D eigenvalue weighted by Gasteiger charge is -2.21. The molecular formula is C21H21NO4. The van der Waals surface area contributed by atoms with Gasteiger partial charge >= 0.3 is 5.97 Å². The molecule has 0 N–H and O–H groups in total. The number of benzene rings is 2. The molecule has 0 atom stereocenters. The van der Waals surface area contributed by atoms with Crippen molar-refractivity contribution in [2.24, 2.45) is 0 Å². The Hall–Kier alpha value is -2.95. The van der Waals surface area contributed by atoms with Gasteiger partial charge in [0.05, 0.1) is 4.92 Å². The Morgan fingerprint density at radius 2 is 1.81 bits per heavy atom. The van der Waals surface area contributed by atoms with E-state index in [4.69, 9.17) is 4.74 Å². The van der Waals surface area contributed by atoms with E-state index in [1.54, 1.807) is 12.1 Å². The number of non-ortho nitro benzene ring substituents is 1. The average molecular weight is 351 g/mol. The minimum Gasteiger partial charge on any atom is -0.423 e. The maximum atomic E-state index is 11.9. The van der Waals surface area contributed by atoms with Crippen LogP contribution >= 0.6 is 0 Å². The lowest BCUT2D eigenvalue weighted by Crippen LogP contribution is -2.06. The SMILES string of the molecule is O=C(/C=C/c1cccc([N+](=O)[O-])c1)Oc1ccc(C2CCCCC2)cc1. The maximum Gasteiger partial charge on any atom is 0.336 e. The van der Waals surface area contributed by atoms with Crippen molar-refractivity contribution in [3.63, 3.8) is 0 Å². The molecule has 0 unspecified atom stereocenters. The first-order valence-electron chi connectivity index (χ1n) is 8.86. The Labute approximate surface area is 152 Å². The Bertz CT molecular complexity index is 805. The molecule has 134 valence electrons. The topological polar surface area (TPSA) is 69.4 Å². The number of carbonyl (C=O) groups is 1. The van der Waals surface area contributed by atoms with Gasteiger partial charge in [-0.3, -0.25) is 10.1 Å². The van der Waals surface area contributed by atoms with Crippen molar-refractivity contribution in [1.82, 2.24) is 0 Å². The number of rotatable bonds is 5. The molecule has 0 saturated heterocycles. The van der Waals surface area contributed by atoms with Crippen LogP contribution in [0.2, 0.25) is 0 Å². The number of hydrogen-bond donors (Lipinski definition) is 0. The highest BCUT2D eigenvalue weighted by atomic mass is 16.6. The van der Waals surface area contributed by atoms with Gasteiger partial charge in [-0.05, 0) is 48.1 Å². The van der Waals surface area contributed by atoms with Crippen LogP contribution in [0.25, 0.3) is 6.08 Å². The number of hydrogen-bond acceptors (Lipinski definition) is 4. The summed E-state index contributed by atoms with van der Waals surface area (Å²) in [5.74, 6) is 0.599. The molecule has 0 heterocycles. The van der Waals surface area contributed by atoms with Crippen LogP contribution in [0.3, 0.4) is 0 Å². The summed E-state index contributed by atoms with van der Waals surface area (Å²) < 4.78 is 5.30. The van der Waals surface area contributed by atoms with Crippen molar-refractivity contribution in [2.75, 3.05) is 0 Å². The highest BCUT2D eigenvalue weighted by Crippen LogP contribution is 2.33. The number of nitro benzene ring substituents is 1. The van der Waals surface area contributed by atoms with E-state index in [-0.39, 0.29) is 5.69 Å². The highest BCUT2D eigenvalue weighted by molar-refractivity contribution is 5.88. The molecule has 1 saturated carbocycles. The molecule has 1 aliphatic rings. The molecule has 0 amide bonds. The number of ether oxygens (including phenoxy) is 1.